The average molecular weight is 279 g/mol. The third-order valence-electron chi connectivity index (χ3n) is 3.46. The minimum Gasteiger partial charge on any atom is -0.480 e. The van der Waals surface area contributed by atoms with Crippen LogP contribution in [0.4, 0.5) is 5.82 Å². The van der Waals surface area contributed by atoms with Gasteiger partial charge in [0.15, 0.2) is 0 Å². The molecule has 0 amide bonds. The highest BCUT2D eigenvalue weighted by molar-refractivity contribution is 5.78. The Morgan fingerprint density at radius 2 is 2.25 bits per heavy atom. The number of rotatable bonds is 4. The first-order chi connectivity index (χ1) is 9.49. The van der Waals surface area contributed by atoms with Crippen molar-refractivity contribution < 1.29 is 14.6 Å². The number of aromatic nitrogens is 2. The smallest absolute Gasteiger partial charge is 0.326 e. The lowest BCUT2D eigenvalue weighted by Gasteiger charge is -2.38. The summed E-state index contributed by atoms with van der Waals surface area (Å²) in [5, 5.41) is 9.44. The van der Waals surface area contributed by atoms with Gasteiger partial charge in [-0.05, 0) is 32.6 Å². The summed E-state index contributed by atoms with van der Waals surface area (Å²) in [5.41, 5.74) is 0. The monoisotopic (exact) mass is 279 g/mol. The van der Waals surface area contributed by atoms with Crippen LogP contribution in [0.15, 0.2) is 12.4 Å². The van der Waals surface area contributed by atoms with E-state index in [1.165, 1.54) is 6.33 Å². The highest BCUT2D eigenvalue weighted by Gasteiger charge is 2.35. The fourth-order valence-corrected chi connectivity index (χ4v) is 2.61. The molecule has 2 rings (SSSR count). The van der Waals surface area contributed by atoms with Gasteiger partial charge in [-0.1, -0.05) is 6.92 Å². The maximum atomic E-state index is 11.5. The zero-order valence-electron chi connectivity index (χ0n) is 12.1. The van der Waals surface area contributed by atoms with Crippen molar-refractivity contribution in [1.29, 1.82) is 0 Å². The highest BCUT2D eigenvalue weighted by Crippen LogP contribution is 2.28. The van der Waals surface area contributed by atoms with Crippen LogP contribution in [0.3, 0.4) is 0 Å². The van der Waals surface area contributed by atoms with Crippen molar-refractivity contribution in [2.45, 2.75) is 45.8 Å². The predicted molar refractivity (Wildman–Crippen MR) is 75.0 cm³/mol. The van der Waals surface area contributed by atoms with E-state index in [0.717, 1.165) is 12.8 Å². The summed E-state index contributed by atoms with van der Waals surface area (Å²) in [6, 6.07) is 1.18. The van der Waals surface area contributed by atoms with Gasteiger partial charge in [0.25, 0.3) is 0 Å². The molecule has 1 aromatic rings. The summed E-state index contributed by atoms with van der Waals surface area (Å²) < 4.78 is 5.54. The van der Waals surface area contributed by atoms with Gasteiger partial charge >= 0.3 is 5.97 Å². The quantitative estimate of drug-likeness (QED) is 0.908. The molecule has 0 spiro atoms. The van der Waals surface area contributed by atoms with E-state index in [9.17, 15) is 9.90 Å². The Balaban J connectivity index is 2.26. The summed E-state index contributed by atoms with van der Waals surface area (Å²) in [7, 11) is 0. The molecule has 1 fully saturated rings. The van der Waals surface area contributed by atoms with Crippen LogP contribution in [0.1, 0.15) is 33.6 Å². The van der Waals surface area contributed by atoms with Gasteiger partial charge in [0, 0.05) is 12.6 Å². The SMILES string of the molecule is CC(C)Oc1cc(N2CCCC(C)C2C(=O)O)ncn1. The fourth-order valence-electron chi connectivity index (χ4n) is 2.61. The van der Waals surface area contributed by atoms with Crippen molar-refractivity contribution in [3.05, 3.63) is 12.4 Å². The number of hydrogen-bond acceptors (Lipinski definition) is 5. The molecule has 6 heteroatoms. The molecule has 20 heavy (non-hydrogen) atoms. The van der Waals surface area contributed by atoms with Crippen molar-refractivity contribution in [1.82, 2.24) is 9.97 Å². The van der Waals surface area contributed by atoms with Gasteiger partial charge in [0.1, 0.15) is 18.2 Å². The van der Waals surface area contributed by atoms with Crippen molar-refractivity contribution in [2.75, 3.05) is 11.4 Å². The number of carbonyl (C=O) groups is 1. The largest absolute Gasteiger partial charge is 0.480 e. The normalized spacial score (nSPS) is 22.9. The zero-order valence-corrected chi connectivity index (χ0v) is 12.1. The average Bonchev–Trinajstić information content (AvgIpc) is 2.37. The second kappa shape index (κ2) is 6.07. The summed E-state index contributed by atoms with van der Waals surface area (Å²) in [5.74, 6) is 0.398. The zero-order chi connectivity index (χ0) is 14.7. The maximum absolute atomic E-state index is 11.5. The molecule has 1 saturated heterocycles. The number of hydrogen-bond donors (Lipinski definition) is 1. The minimum absolute atomic E-state index is 0.0216. The minimum atomic E-state index is -0.804. The first-order valence-corrected chi connectivity index (χ1v) is 6.97. The molecule has 1 N–H and O–H groups in total. The van der Waals surface area contributed by atoms with Crippen molar-refractivity contribution >= 4 is 11.8 Å². The standard InChI is InChI=1S/C14H21N3O3/c1-9(2)20-12-7-11(15-8-16-12)17-6-4-5-10(3)13(17)14(18)19/h7-10,13H,4-6H2,1-3H3,(H,18,19). The van der Waals surface area contributed by atoms with E-state index in [0.29, 0.717) is 18.2 Å². The Labute approximate surface area is 118 Å². The number of carboxylic acid groups (broad SMARTS) is 1. The number of anilines is 1. The van der Waals surface area contributed by atoms with E-state index in [1.807, 2.05) is 25.7 Å². The molecule has 0 aliphatic carbocycles. The molecule has 1 aliphatic rings. The first kappa shape index (κ1) is 14.6. The van der Waals surface area contributed by atoms with Crippen molar-refractivity contribution in [3.8, 4) is 5.88 Å². The number of carboxylic acids is 1. The van der Waals surface area contributed by atoms with E-state index in [-0.39, 0.29) is 12.0 Å². The molecular formula is C14H21N3O3. The van der Waals surface area contributed by atoms with Gasteiger partial charge in [-0.3, -0.25) is 0 Å². The second-order valence-electron chi connectivity index (χ2n) is 5.48. The van der Waals surface area contributed by atoms with Gasteiger partial charge < -0.3 is 14.7 Å². The summed E-state index contributed by atoms with van der Waals surface area (Å²) in [6.45, 7) is 6.51. The Hall–Kier alpha value is -1.85. The van der Waals surface area contributed by atoms with Crippen LogP contribution >= 0.6 is 0 Å². The van der Waals surface area contributed by atoms with Crippen LogP contribution in [0.2, 0.25) is 0 Å². The Morgan fingerprint density at radius 1 is 1.50 bits per heavy atom. The van der Waals surface area contributed by atoms with E-state index < -0.39 is 12.0 Å². The van der Waals surface area contributed by atoms with E-state index in [4.69, 9.17) is 4.74 Å². The van der Waals surface area contributed by atoms with Gasteiger partial charge in [-0.2, -0.15) is 0 Å². The Morgan fingerprint density at radius 3 is 2.90 bits per heavy atom. The maximum Gasteiger partial charge on any atom is 0.326 e. The molecule has 0 saturated carbocycles. The third kappa shape index (κ3) is 3.18. The van der Waals surface area contributed by atoms with Gasteiger partial charge in [-0.25, -0.2) is 14.8 Å². The molecule has 0 radical (unpaired) electrons. The van der Waals surface area contributed by atoms with Crippen LogP contribution in [-0.4, -0.2) is 39.7 Å². The highest BCUT2D eigenvalue weighted by atomic mass is 16.5. The van der Waals surface area contributed by atoms with Gasteiger partial charge in [0.05, 0.1) is 6.10 Å². The lowest BCUT2D eigenvalue weighted by molar-refractivity contribution is -0.140. The molecule has 2 heterocycles. The van der Waals surface area contributed by atoms with E-state index in [1.54, 1.807) is 6.07 Å². The number of nitrogens with zero attached hydrogens (tertiary/aromatic N) is 3. The Kier molecular flexibility index (Phi) is 4.42. The molecule has 2 unspecified atom stereocenters. The molecule has 0 bridgehead atoms. The number of ether oxygens (including phenoxy) is 1. The van der Waals surface area contributed by atoms with Gasteiger partial charge in [0.2, 0.25) is 5.88 Å². The lowest BCUT2D eigenvalue weighted by atomic mass is 9.91. The molecule has 6 nitrogen and oxygen atoms in total. The topological polar surface area (TPSA) is 75.5 Å². The summed E-state index contributed by atoms with van der Waals surface area (Å²) in [4.78, 5) is 21.6. The van der Waals surface area contributed by atoms with Crippen LogP contribution in [0, 0.1) is 5.92 Å². The molecule has 1 aromatic heterocycles. The van der Waals surface area contributed by atoms with E-state index >= 15 is 0 Å². The molecule has 110 valence electrons. The number of aliphatic carboxylic acids is 1. The third-order valence-corrected chi connectivity index (χ3v) is 3.46. The summed E-state index contributed by atoms with van der Waals surface area (Å²) >= 11 is 0. The van der Waals surface area contributed by atoms with Crippen molar-refractivity contribution in [3.63, 3.8) is 0 Å². The second-order valence-corrected chi connectivity index (χ2v) is 5.48. The van der Waals surface area contributed by atoms with Gasteiger partial charge in [-0.15, -0.1) is 0 Å². The van der Waals surface area contributed by atoms with Crippen LogP contribution in [0.25, 0.3) is 0 Å². The van der Waals surface area contributed by atoms with E-state index in [2.05, 4.69) is 9.97 Å². The molecule has 1 aliphatic heterocycles. The van der Waals surface area contributed by atoms with Crippen LogP contribution in [-0.2, 0) is 4.79 Å². The predicted octanol–water partition coefficient (Wildman–Crippen LogP) is 1.95. The molecular weight excluding hydrogens is 258 g/mol. The summed E-state index contributed by atoms with van der Waals surface area (Å²) in [6.07, 6.45) is 3.34. The molecule has 0 aromatic carbocycles. The lowest BCUT2D eigenvalue weighted by Crippen LogP contribution is -2.49. The Bertz CT molecular complexity index is 478. The molecule has 2 atom stereocenters. The van der Waals surface area contributed by atoms with Crippen LogP contribution in [0.5, 0.6) is 5.88 Å². The first-order valence-electron chi connectivity index (χ1n) is 6.97. The fraction of sp³-hybridized carbons (Fsp3) is 0.643. The number of piperidine rings is 1. The van der Waals surface area contributed by atoms with Crippen LogP contribution < -0.4 is 9.64 Å². The van der Waals surface area contributed by atoms with Crippen molar-refractivity contribution in [2.24, 2.45) is 5.92 Å².